The van der Waals surface area contributed by atoms with Crippen molar-refractivity contribution in [3.63, 3.8) is 0 Å². The molecule has 0 atom stereocenters. The predicted molar refractivity (Wildman–Crippen MR) is 101 cm³/mol. The molecule has 2 aromatic carbocycles. The van der Waals surface area contributed by atoms with Crippen molar-refractivity contribution in [2.75, 3.05) is 23.3 Å². The number of hydrogen-bond donors (Lipinski definition) is 1. The van der Waals surface area contributed by atoms with E-state index in [1.807, 2.05) is 6.92 Å². The summed E-state index contributed by atoms with van der Waals surface area (Å²) in [4.78, 5) is 14.1. The molecule has 0 bridgehead atoms. The molecule has 0 radical (unpaired) electrons. The molecular weight excluding hydrogens is 352 g/mol. The van der Waals surface area contributed by atoms with Gasteiger partial charge in [-0.3, -0.25) is 9.52 Å². The number of nitrogens with one attached hydrogen (secondary N) is 1. The average Bonchev–Trinajstić information content (AvgIpc) is 2.77. The zero-order chi connectivity index (χ0) is 19.1. The third kappa shape index (κ3) is 2.92. The van der Waals surface area contributed by atoms with E-state index >= 15 is 0 Å². The van der Waals surface area contributed by atoms with Crippen LogP contribution in [0.4, 0.5) is 11.4 Å². The van der Waals surface area contributed by atoms with Crippen molar-refractivity contribution >= 4 is 27.3 Å². The smallest absolute Gasteiger partial charge is 0.262 e. The lowest BCUT2D eigenvalue weighted by Gasteiger charge is -2.17. The highest BCUT2D eigenvalue weighted by molar-refractivity contribution is 7.92. The highest BCUT2D eigenvalue weighted by Gasteiger charge is 2.42. The fourth-order valence-electron chi connectivity index (χ4n) is 3.16. The van der Waals surface area contributed by atoms with Crippen LogP contribution in [-0.2, 0) is 20.2 Å². The van der Waals surface area contributed by atoms with E-state index in [-0.39, 0.29) is 10.8 Å². The summed E-state index contributed by atoms with van der Waals surface area (Å²) < 4.78 is 33.8. The number of nitrogens with zero attached hydrogens (tertiary/aromatic N) is 1. The Hall–Kier alpha value is -2.54. The van der Waals surface area contributed by atoms with E-state index in [0.717, 1.165) is 5.69 Å². The molecule has 3 rings (SSSR count). The van der Waals surface area contributed by atoms with Crippen LogP contribution in [0.1, 0.15) is 26.3 Å². The largest absolute Gasteiger partial charge is 0.492 e. The van der Waals surface area contributed by atoms with Crippen molar-refractivity contribution in [1.29, 1.82) is 0 Å². The number of benzene rings is 2. The summed E-state index contributed by atoms with van der Waals surface area (Å²) in [6.45, 7) is 5.86. The number of sulfonamides is 1. The van der Waals surface area contributed by atoms with Crippen LogP contribution < -0.4 is 14.4 Å². The molecule has 7 heteroatoms. The van der Waals surface area contributed by atoms with Crippen LogP contribution in [-0.4, -0.2) is 28.0 Å². The monoisotopic (exact) mass is 374 g/mol. The van der Waals surface area contributed by atoms with Gasteiger partial charge in [0, 0.05) is 12.7 Å². The maximum atomic E-state index is 12.9. The van der Waals surface area contributed by atoms with Gasteiger partial charge in [-0.2, -0.15) is 0 Å². The molecule has 2 aromatic rings. The number of likely N-dealkylation sites (N-methyl/N-ethyl adjacent to an activating group) is 1. The lowest BCUT2D eigenvalue weighted by atomic mass is 9.86. The zero-order valence-corrected chi connectivity index (χ0v) is 16.1. The summed E-state index contributed by atoms with van der Waals surface area (Å²) in [5.74, 6) is 0.409. The normalized spacial score (nSPS) is 15.7. The summed E-state index contributed by atoms with van der Waals surface area (Å²) >= 11 is 0. The molecule has 6 nitrogen and oxygen atoms in total. The van der Waals surface area contributed by atoms with Gasteiger partial charge in [-0.25, -0.2) is 8.42 Å². The van der Waals surface area contributed by atoms with Crippen molar-refractivity contribution in [3.05, 3.63) is 48.0 Å². The Balaban J connectivity index is 2.00. The summed E-state index contributed by atoms with van der Waals surface area (Å²) in [6, 6.07) is 11.6. The first-order chi connectivity index (χ1) is 12.2. The Labute approximate surface area is 153 Å². The van der Waals surface area contributed by atoms with E-state index in [0.29, 0.717) is 23.6 Å². The van der Waals surface area contributed by atoms with Gasteiger partial charge in [-0.1, -0.05) is 12.1 Å². The van der Waals surface area contributed by atoms with E-state index in [9.17, 15) is 13.2 Å². The Morgan fingerprint density at radius 3 is 2.54 bits per heavy atom. The second kappa shape index (κ2) is 6.32. The quantitative estimate of drug-likeness (QED) is 0.872. The van der Waals surface area contributed by atoms with Gasteiger partial charge >= 0.3 is 0 Å². The molecule has 0 aromatic heterocycles. The topological polar surface area (TPSA) is 75.7 Å². The molecule has 0 unspecified atom stereocenters. The lowest BCUT2D eigenvalue weighted by Crippen LogP contribution is -2.33. The van der Waals surface area contributed by atoms with Crippen LogP contribution in [0, 0.1) is 0 Å². The molecule has 1 aliphatic rings. The van der Waals surface area contributed by atoms with Crippen molar-refractivity contribution in [2.45, 2.75) is 31.1 Å². The molecule has 0 saturated heterocycles. The summed E-state index contributed by atoms with van der Waals surface area (Å²) in [5.41, 5.74) is 1.04. The van der Waals surface area contributed by atoms with Crippen molar-refractivity contribution < 1.29 is 17.9 Å². The number of para-hydroxylation sites is 2. The van der Waals surface area contributed by atoms with Crippen molar-refractivity contribution in [2.24, 2.45) is 0 Å². The molecule has 0 fully saturated rings. The minimum absolute atomic E-state index is 0.0586. The third-order valence-corrected chi connectivity index (χ3v) is 5.95. The van der Waals surface area contributed by atoms with E-state index in [1.54, 1.807) is 62.2 Å². The first kappa shape index (κ1) is 18.3. The minimum atomic E-state index is -3.82. The maximum Gasteiger partial charge on any atom is 0.262 e. The second-order valence-electron chi connectivity index (χ2n) is 6.70. The van der Waals surface area contributed by atoms with Crippen LogP contribution in [0.5, 0.6) is 5.75 Å². The molecule has 26 heavy (non-hydrogen) atoms. The molecule has 1 N–H and O–H groups in total. The average molecular weight is 374 g/mol. The van der Waals surface area contributed by atoms with Gasteiger partial charge in [0.2, 0.25) is 5.91 Å². The standard InChI is InChI=1S/C19H22N2O4S/c1-5-25-17-9-7-6-8-15(17)20-26(23,24)13-10-11-16-14(12-13)19(2,3)18(22)21(16)4/h6-12,20H,5H2,1-4H3. The Bertz CT molecular complexity index is 967. The number of carbonyl (C=O) groups is 1. The molecule has 1 aliphatic heterocycles. The number of hydrogen-bond acceptors (Lipinski definition) is 4. The Morgan fingerprint density at radius 1 is 1.15 bits per heavy atom. The van der Waals surface area contributed by atoms with Crippen LogP contribution in [0.2, 0.25) is 0 Å². The van der Waals surface area contributed by atoms with Crippen LogP contribution in [0.15, 0.2) is 47.4 Å². The molecule has 0 spiro atoms. The maximum absolute atomic E-state index is 12.9. The molecule has 0 saturated carbocycles. The van der Waals surface area contributed by atoms with E-state index in [2.05, 4.69) is 4.72 Å². The number of ether oxygens (including phenoxy) is 1. The Kier molecular flexibility index (Phi) is 4.44. The summed E-state index contributed by atoms with van der Waals surface area (Å²) in [6.07, 6.45) is 0. The third-order valence-electron chi connectivity index (χ3n) is 4.58. The Morgan fingerprint density at radius 2 is 1.85 bits per heavy atom. The number of rotatable bonds is 5. The highest BCUT2D eigenvalue weighted by Crippen LogP contribution is 2.42. The number of fused-ring (bicyclic) bond motifs is 1. The predicted octanol–water partition coefficient (Wildman–Crippen LogP) is 3.14. The van der Waals surface area contributed by atoms with E-state index in [1.165, 1.54) is 6.07 Å². The SMILES string of the molecule is CCOc1ccccc1NS(=O)(=O)c1ccc2c(c1)C(C)(C)C(=O)N2C. The zero-order valence-electron chi connectivity index (χ0n) is 15.2. The summed E-state index contributed by atoms with van der Waals surface area (Å²) in [5, 5.41) is 0. The number of amides is 1. The number of anilines is 2. The molecule has 0 aliphatic carbocycles. The molecular formula is C19H22N2O4S. The van der Waals surface area contributed by atoms with Crippen LogP contribution in [0.3, 0.4) is 0 Å². The van der Waals surface area contributed by atoms with Gasteiger partial charge in [0.05, 0.1) is 22.6 Å². The summed E-state index contributed by atoms with van der Waals surface area (Å²) in [7, 11) is -2.13. The van der Waals surface area contributed by atoms with E-state index < -0.39 is 15.4 Å². The number of carbonyl (C=O) groups excluding carboxylic acids is 1. The van der Waals surface area contributed by atoms with Gasteiger partial charge in [0.25, 0.3) is 10.0 Å². The fourth-order valence-corrected chi connectivity index (χ4v) is 4.25. The molecule has 1 heterocycles. The van der Waals surface area contributed by atoms with E-state index in [4.69, 9.17) is 4.74 Å². The molecule has 138 valence electrons. The van der Waals surface area contributed by atoms with Gasteiger partial charge in [-0.15, -0.1) is 0 Å². The fraction of sp³-hybridized carbons (Fsp3) is 0.316. The van der Waals surface area contributed by atoms with Gasteiger partial charge in [-0.05, 0) is 56.7 Å². The van der Waals surface area contributed by atoms with Crippen LogP contribution >= 0.6 is 0 Å². The molecule has 1 amide bonds. The first-order valence-electron chi connectivity index (χ1n) is 8.36. The lowest BCUT2D eigenvalue weighted by molar-refractivity contribution is -0.121. The minimum Gasteiger partial charge on any atom is -0.492 e. The highest BCUT2D eigenvalue weighted by atomic mass is 32.2. The van der Waals surface area contributed by atoms with Crippen molar-refractivity contribution in [3.8, 4) is 5.75 Å². The van der Waals surface area contributed by atoms with Gasteiger partial charge in [0.15, 0.2) is 0 Å². The first-order valence-corrected chi connectivity index (χ1v) is 9.84. The van der Waals surface area contributed by atoms with Crippen molar-refractivity contribution in [1.82, 2.24) is 0 Å². The van der Waals surface area contributed by atoms with Crippen LogP contribution in [0.25, 0.3) is 0 Å². The second-order valence-corrected chi connectivity index (χ2v) is 8.39. The van der Waals surface area contributed by atoms with Gasteiger partial charge < -0.3 is 9.64 Å². The van der Waals surface area contributed by atoms with Gasteiger partial charge in [0.1, 0.15) is 5.75 Å².